The molecule has 0 spiro atoms. The summed E-state index contributed by atoms with van der Waals surface area (Å²) in [6.45, 7) is 2.42. The van der Waals surface area contributed by atoms with Crippen molar-refractivity contribution < 1.29 is 0 Å². The minimum Gasteiger partial charge on any atom is -0.398 e. The third-order valence-electron chi connectivity index (χ3n) is 3.51. The molecule has 21 heavy (non-hydrogen) atoms. The van der Waals surface area contributed by atoms with E-state index in [4.69, 9.17) is 17.3 Å². The zero-order valence-electron chi connectivity index (χ0n) is 11.5. The Morgan fingerprint density at radius 1 is 1.24 bits per heavy atom. The molecule has 0 atom stereocenters. The fourth-order valence-corrected chi connectivity index (χ4v) is 2.53. The molecular weight excluding hydrogens is 286 g/mol. The van der Waals surface area contributed by atoms with E-state index in [9.17, 15) is 4.79 Å². The maximum Gasteiger partial charge on any atom is 0.191 e. The first-order valence-electron chi connectivity index (χ1n) is 6.56. The van der Waals surface area contributed by atoms with E-state index in [2.05, 4.69) is 4.98 Å². The highest BCUT2D eigenvalue weighted by Crippen LogP contribution is 2.18. The van der Waals surface area contributed by atoms with E-state index in [1.807, 2.05) is 35.8 Å². The normalized spacial score (nSPS) is 11.0. The van der Waals surface area contributed by atoms with Crippen molar-refractivity contribution in [2.24, 2.45) is 0 Å². The third-order valence-corrected chi connectivity index (χ3v) is 3.72. The molecule has 0 bridgehead atoms. The Morgan fingerprint density at radius 2 is 2.00 bits per heavy atom. The van der Waals surface area contributed by atoms with Crippen LogP contribution in [0.4, 0.5) is 5.69 Å². The van der Waals surface area contributed by atoms with Crippen LogP contribution < -0.4 is 11.2 Å². The number of nitrogen functional groups attached to an aromatic ring is 1. The number of aromatic nitrogens is 2. The molecule has 0 amide bonds. The summed E-state index contributed by atoms with van der Waals surface area (Å²) in [5.41, 5.74) is 9.05. The van der Waals surface area contributed by atoms with Crippen molar-refractivity contribution in [2.45, 2.75) is 13.5 Å². The zero-order chi connectivity index (χ0) is 15.0. The molecular formula is C16H14ClN3O. The van der Waals surface area contributed by atoms with Crippen molar-refractivity contribution in [1.29, 1.82) is 0 Å². The van der Waals surface area contributed by atoms with Crippen LogP contribution in [0.1, 0.15) is 11.3 Å². The number of nitrogens with zero attached hydrogens (tertiary/aromatic N) is 2. The van der Waals surface area contributed by atoms with Crippen molar-refractivity contribution in [3.63, 3.8) is 0 Å². The Bertz CT molecular complexity index is 886. The van der Waals surface area contributed by atoms with Gasteiger partial charge in [0, 0.05) is 17.4 Å². The maximum atomic E-state index is 12.1. The number of halogens is 1. The Kier molecular flexibility index (Phi) is 3.39. The van der Waals surface area contributed by atoms with Crippen LogP contribution in [0.5, 0.6) is 0 Å². The number of benzene rings is 1. The van der Waals surface area contributed by atoms with E-state index in [1.54, 1.807) is 18.2 Å². The lowest BCUT2D eigenvalue weighted by molar-refractivity contribution is 0.783. The number of hydrogen-bond donors (Lipinski definition) is 1. The van der Waals surface area contributed by atoms with Gasteiger partial charge in [-0.15, -0.1) is 0 Å². The van der Waals surface area contributed by atoms with Gasteiger partial charge in [-0.25, -0.2) is 4.98 Å². The van der Waals surface area contributed by atoms with Gasteiger partial charge in [-0.1, -0.05) is 29.8 Å². The fraction of sp³-hybridized carbons (Fsp3) is 0.125. The number of rotatable bonds is 2. The third kappa shape index (κ3) is 2.50. The van der Waals surface area contributed by atoms with Gasteiger partial charge in [-0.3, -0.25) is 4.79 Å². The quantitative estimate of drug-likeness (QED) is 0.584. The van der Waals surface area contributed by atoms with E-state index in [0.717, 1.165) is 11.3 Å². The first-order valence-corrected chi connectivity index (χ1v) is 6.94. The topological polar surface area (TPSA) is 60.9 Å². The predicted octanol–water partition coefficient (Wildman–Crippen LogP) is 2.99. The highest BCUT2D eigenvalue weighted by Gasteiger charge is 2.10. The Labute approximate surface area is 126 Å². The van der Waals surface area contributed by atoms with Gasteiger partial charge in [0.1, 0.15) is 10.8 Å². The van der Waals surface area contributed by atoms with Gasteiger partial charge in [-0.05, 0) is 30.7 Å². The van der Waals surface area contributed by atoms with Gasteiger partial charge in [-0.2, -0.15) is 0 Å². The Hall–Kier alpha value is -2.33. The first kappa shape index (κ1) is 13.6. The van der Waals surface area contributed by atoms with Crippen LogP contribution in [-0.4, -0.2) is 9.55 Å². The van der Waals surface area contributed by atoms with Crippen molar-refractivity contribution in [2.75, 3.05) is 5.73 Å². The van der Waals surface area contributed by atoms with E-state index < -0.39 is 0 Å². The van der Waals surface area contributed by atoms with Gasteiger partial charge in [0.2, 0.25) is 0 Å². The highest BCUT2D eigenvalue weighted by atomic mass is 35.5. The highest BCUT2D eigenvalue weighted by molar-refractivity contribution is 6.29. The molecule has 0 aliphatic rings. The summed E-state index contributed by atoms with van der Waals surface area (Å²) in [7, 11) is 0. The standard InChI is InChI=1S/C16H14ClN3O/c1-10-8-14(21)12-6-7-15(17)19-16(12)20(10)9-11-4-2-3-5-13(11)18/h2-8H,9,18H2,1H3. The summed E-state index contributed by atoms with van der Waals surface area (Å²) in [6.07, 6.45) is 0. The lowest BCUT2D eigenvalue weighted by Crippen LogP contribution is -2.14. The minimum absolute atomic E-state index is 0.0519. The lowest BCUT2D eigenvalue weighted by atomic mass is 10.1. The summed E-state index contributed by atoms with van der Waals surface area (Å²) in [5.74, 6) is 0. The summed E-state index contributed by atoms with van der Waals surface area (Å²) < 4.78 is 1.95. The van der Waals surface area contributed by atoms with Crippen molar-refractivity contribution in [1.82, 2.24) is 9.55 Å². The van der Waals surface area contributed by atoms with Gasteiger partial charge < -0.3 is 10.3 Å². The molecule has 4 nitrogen and oxygen atoms in total. The molecule has 0 saturated heterocycles. The van der Waals surface area contributed by atoms with E-state index >= 15 is 0 Å². The largest absolute Gasteiger partial charge is 0.398 e. The molecule has 0 radical (unpaired) electrons. The van der Waals surface area contributed by atoms with Gasteiger partial charge in [0.05, 0.1) is 11.9 Å². The number of fused-ring (bicyclic) bond motifs is 1. The number of hydrogen-bond acceptors (Lipinski definition) is 3. The SMILES string of the molecule is Cc1cc(=O)c2ccc(Cl)nc2n1Cc1ccccc1N. The predicted molar refractivity (Wildman–Crippen MR) is 85.7 cm³/mol. The number of pyridine rings is 2. The van der Waals surface area contributed by atoms with Crippen LogP contribution in [0.2, 0.25) is 5.15 Å². The molecule has 3 aromatic rings. The summed E-state index contributed by atoms with van der Waals surface area (Å²) in [5, 5.41) is 0.918. The first-order chi connectivity index (χ1) is 10.1. The fourth-order valence-electron chi connectivity index (χ4n) is 2.38. The lowest BCUT2D eigenvalue weighted by Gasteiger charge is -2.15. The molecule has 0 aliphatic heterocycles. The number of nitrogens with two attached hydrogens (primary N) is 1. The second-order valence-corrected chi connectivity index (χ2v) is 5.33. The van der Waals surface area contributed by atoms with Gasteiger partial charge in [0.25, 0.3) is 0 Å². The maximum absolute atomic E-state index is 12.1. The molecule has 2 heterocycles. The van der Waals surface area contributed by atoms with Gasteiger partial charge in [0.15, 0.2) is 5.43 Å². The number of para-hydroxylation sites is 1. The average Bonchev–Trinajstić information content (AvgIpc) is 2.45. The molecule has 2 aromatic heterocycles. The molecule has 2 N–H and O–H groups in total. The molecule has 0 aliphatic carbocycles. The molecule has 0 unspecified atom stereocenters. The zero-order valence-corrected chi connectivity index (χ0v) is 12.3. The molecule has 0 saturated carbocycles. The van der Waals surface area contributed by atoms with Crippen molar-refractivity contribution in [3.05, 3.63) is 69.1 Å². The molecule has 1 aromatic carbocycles. The van der Waals surface area contributed by atoms with Crippen LogP contribution in [0.15, 0.2) is 47.3 Å². The summed E-state index contributed by atoms with van der Waals surface area (Å²) in [6, 6.07) is 12.6. The second-order valence-electron chi connectivity index (χ2n) is 4.94. The summed E-state index contributed by atoms with van der Waals surface area (Å²) >= 11 is 5.98. The summed E-state index contributed by atoms with van der Waals surface area (Å²) in [4.78, 5) is 16.4. The average molecular weight is 300 g/mol. The van der Waals surface area contributed by atoms with Crippen LogP contribution in [0.3, 0.4) is 0 Å². The number of anilines is 1. The molecule has 3 rings (SSSR count). The van der Waals surface area contributed by atoms with E-state index in [1.165, 1.54) is 0 Å². The molecule has 5 heteroatoms. The van der Waals surface area contributed by atoms with Crippen LogP contribution >= 0.6 is 11.6 Å². The molecule has 0 fully saturated rings. The van der Waals surface area contributed by atoms with E-state index in [-0.39, 0.29) is 5.43 Å². The molecule has 106 valence electrons. The van der Waals surface area contributed by atoms with Gasteiger partial charge >= 0.3 is 0 Å². The Balaban J connectivity index is 2.25. The van der Waals surface area contributed by atoms with E-state index in [0.29, 0.717) is 28.4 Å². The van der Waals surface area contributed by atoms with Crippen LogP contribution in [0.25, 0.3) is 11.0 Å². The second kappa shape index (κ2) is 5.22. The smallest absolute Gasteiger partial charge is 0.191 e. The number of aryl methyl sites for hydroxylation is 1. The minimum atomic E-state index is -0.0519. The van der Waals surface area contributed by atoms with Crippen LogP contribution in [-0.2, 0) is 6.54 Å². The monoisotopic (exact) mass is 299 g/mol. The Morgan fingerprint density at radius 3 is 2.76 bits per heavy atom. The van der Waals surface area contributed by atoms with Crippen LogP contribution in [0, 0.1) is 6.92 Å². The van der Waals surface area contributed by atoms with Crippen molar-refractivity contribution >= 4 is 28.3 Å². The van der Waals surface area contributed by atoms with Crippen molar-refractivity contribution in [3.8, 4) is 0 Å².